The number of amides is 2. The van der Waals surface area contributed by atoms with Crippen molar-refractivity contribution in [3.63, 3.8) is 0 Å². The SMILES string of the molecule is C.Cc1cc(Br)cnc1NC(=O)C(F)(F)F.O=C(Nc1ncc(Br)cc1CBr)C(F)(F)F.[B]=NS. The van der Waals surface area contributed by atoms with Crippen LogP contribution in [0.2, 0.25) is 0 Å². The predicted octanol–water partition coefficient (Wildman–Crippen LogP) is 6.71. The molecule has 0 aromatic carbocycles. The van der Waals surface area contributed by atoms with Crippen molar-refractivity contribution in [2.45, 2.75) is 32.0 Å². The minimum absolute atomic E-state index is 0. The monoisotopic (exact) mass is 716 g/mol. The minimum atomic E-state index is -4.92. The summed E-state index contributed by atoms with van der Waals surface area (Å²) in [4.78, 5) is 28.6. The van der Waals surface area contributed by atoms with Crippen LogP contribution in [-0.2, 0) is 14.9 Å². The van der Waals surface area contributed by atoms with Crippen LogP contribution in [0.4, 0.5) is 38.0 Å². The summed E-state index contributed by atoms with van der Waals surface area (Å²) in [6.07, 6.45) is -7.21. The number of carbonyl (C=O) groups excluding carboxylic acids is 2. The summed E-state index contributed by atoms with van der Waals surface area (Å²) in [5.74, 6) is -4.27. The molecule has 2 rings (SSSR count). The fraction of sp³-hybridized carbons (Fsp3) is 0.294. The summed E-state index contributed by atoms with van der Waals surface area (Å²) in [7, 11) is 4.34. The first kappa shape index (κ1) is 35.6. The van der Waals surface area contributed by atoms with Crippen molar-refractivity contribution in [1.29, 1.82) is 0 Å². The van der Waals surface area contributed by atoms with Crippen molar-refractivity contribution in [3.8, 4) is 0 Å². The van der Waals surface area contributed by atoms with Crippen LogP contribution in [0.1, 0.15) is 18.6 Å². The van der Waals surface area contributed by atoms with Crippen molar-refractivity contribution in [3.05, 3.63) is 44.6 Å². The third kappa shape index (κ3) is 14.0. The molecule has 0 atom stereocenters. The number of nitrogens with zero attached hydrogens (tertiary/aromatic N) is 3. The summed E-state index contributed by atoms with van der Waals surface area (Å²) in [5, 5.41) is 3.67. The first-order valence-corrected chi connectivity index (χ1v) is 11.3. The van der Waals surface area contributed by atoms with Crippen molar-refractivity contribution in [2.24, 2.45) is 4.30 Å². The summed E-state index contributed by atoms with van der Waals surface area (Å²) >= 11 is 12.5. The first-order valence-electron chi connectivity index (χ1n) is 8.19. The maximum atomic E-state index is 12.0. The van der Waals surface area contributed by atoms with Gasteiger partial charge in [-0.25, -0.2) is 9.97 Å². The van der Waals surface area contributed by atoms with E-state index in [1.165, 1.54) is 12.4 Å². The van der Waals surface area contributed by atoms with Gasteiger partial charge in [-0.1, -0.05) is 23.4 Å². The van der Waals surface area contributed by atoms with Crippen molar-refractivity contribution < 1.29 is 35.9 Å². The zero-order valence-corrected chi connectivity index (χ0v) is 22.3. The van der Waals surface area contributed by atoms with E-state index in [9.17, 15) is 35.9 Å². The summed E-state index contributed by atoms with van der Waals surface area (Å²) < 4.78 is 75.6. The molecule has 0 aliphatic carbocycles. The molecule has 0 spiro atoms. The van der Waals surface area contributed by atoms with Crippen LogP contribution in [0, 0.1) is 6.92 Å². The van der Waals surface area contributed by atoms with Gasteiger partial charge in [0.05, 0.1) is 0 Å². The van der Waals surface area contributed by atoms with Crippen LogP contribution in [0.5, 0.6) is 0 Å². The van der Waals surface area contributed by atoms with Gasteiger partial charge in [0.1, 0.15) is 11.6 Å². The molecule has 0 aliphatic rings. The number of thiol groups is 1. The Morgan fingerprint density at radius 1 is 0.971 bits per heavy atom. The molecule has 35 heavy (non-hydrogen) atoms. The van der Waals surface area contributed by atoms with E-state index in [1.54, 1.807) is 29.7 Å². The summed E-state index contributed by atoms with van der Waals surface area (Å²) in [6.45, 7) is 1.55. The molecule has 2 heterocycles. The van der Waals surface area contributed by atoms with E-state index in [0.717, 1.165) is 0 Å². The second-order valence-electron chi connectivity index (χ2n) is 5.63. The molecule has 0 saturated carbocycles. The van der Waals surface area contributed by atoms with Gasteiger partial charge in [-0.2, -0.15) is 26.3 Å². The zero-order chi connectivity index (χ0) is 26.7. The Morgan fingerprint density at radius 3 is 1.71 bits per heavy atom. The number of alkyl halides is 7. The third-order valence-corrected chi connectivity index (χ3v) is 4.57. The Kier molecular flexibility index (Phi) is 16.6. The Morgan fingerprint density at radius 2 is 1.34 bits per heavy atom. The molecule has 0 saturated heterocycles. The van der Waals surface area contributed by atoms with Gasteiger partial charge in [-0.05, 0) is 56.5 Å². The number of halogens is 9. The third-order valence-electron chi connectivity index (χ3n) is 3.10. The van der Waals surface area contributed by atoms with Crippen LogP contribution in [-0.4, -0.2) is 41.8 Å². The van der Waals surface area contributed by atoms with Crippen molar-refractivity contribution in [1.82, 2.24) is 9.97 Å². The second kappa shape index (κ2) is 16.3. The molecule has 0 aliphatic heterocycles. The standard InChI is InChI=1S/C8H5Br2F3N2O.C8H6BrF3N2O.CH4.BHNS/c9-2-4-1-5(10)3-14-6(4)15-7(16)8(11,12)13;1-4-2-5(9)3-13-6(4)14-7(15)8(10,11)12;;1-2-3/h1,3H,2H2,(H,14,15,16);2-3H,1H3,(H,13,14,15);1H4;3H. The van der Waals surface area contributed by atoms with Crippen LogP contribution in [0.3, 0.4) is 0 Å². The van der Waals surface area contributed by atoms with E-state index in [2.05, 4.69) is 82.5 Å². The van der Waals surface area contributed by atoms with E-state index in [0.29, 0.717) is 20.1 Å². The second-order valence-corrected chi connectivity index (χ2v) is 8.26. The Balaban J connectivity index is 0. The number of rotatable bonds is 3. The van der Waals surface area contributed by atoms with Crippen molar-refractivity contribution in [2.75, 3.05) is 10.6 Å². The number of nitrogens with one attached hydrogen (secondary N) is 2. The predicted molar refractivity (Wildman–Crippen MR) is 135 cm³/mol. The van der Waals surface area contributed by atoms with Crippen LogP contribution in [0.25, 0.3) is 0 Å². The molecule has 193 valence electrons. The number of aryl methyl sites for hydroxylation is 1. The van der Waals surface area contributed by atoms with Crippen molar-refractivity contribution >= 4 is 91.7 Å². The van der Waals surface area contributed by atoms with E-state index in [4.69, 9.17) is 0 Å². The Labute approximate surface area is 228 Å². The average molecular weight is 719 g/mol. The molecule has 2 aromatic rings. The molecular formula is C17H16BBr3F6N5O2S. The van der Waals surface area contributed by atoms with Gasteiger partial charge in [-0.3, -0.25) is 9.59 Å². The van der Waals surface area contributed by atoms with Gasteiger partial charge >= 0.3 is 48.9 Å². The van der Waals surface area contributed by atoms with Crippen LogP contribution in [0.15, 0.2) is 37.8 Å². The molecule has 2 amide bonds. The Hall–Kier alpha value is -1.53. The quantitative estimate of drug-likeness (QED) is 0.142. The normalized spacial score (nSPS) is 10.3. The number of hydrogen-bond donors (Lipinski definition) is 3. The van der Waals surface area contributed by atoms with E-state index in [-0.39, 0.29) is 24.4 Å². The number of anilines is 2. The number of hydrogen-bond acceptors (Lipinski definition) is 6. The maximum absolute atomic E-state index is 12.0. The van der Waals surface area contributed by atoms with E-state index in [1.807, 2.05) is 0 Å². The zero-order valence-electron chi connectivity index (χ0n) is 16.6. The van der Waals surface area contributed by atoms with Gasteiger partial charge in [0.15, 0.2) is 0 Å². The fourth-order valence-electron chi connectivity index (χ4n) is 1.72. The van der Waals surface area contributed by atoms with Crippen LogP contribution >= 0.6 is 60.6 Å². The Bertz CT molecular complexity index is 1020. The van der Waals surface area contributed by atoms with E-state index < -0.39 is 24.2 Å². The number of carbonyl (C=O) groups is 2. The number of aromatic nitrogens is 2. The van der Waals surface area contributed by atoms with Gasteiger partial charge in [0.25, 0.3) is 0 Å². The average Bonchev–Trinajstić information content (AvgIpc) is 2.71. The van der Waals surface area contributed by atoms with Gasteiger partial charge in [0.2, 0.25) is 0 Å². The molecule has 0 fully saturated rings. The molecule has 1 radical (unpaired) electrons. The van der Waals surface area contributed by atoms with Crippen LogP contribution < -0.4 is 10.6 Å². The van der Waals surface area contributed by atoms with Gasteiger partial charge in [-0.15, -0.1) is 0 Å². The number of pyridine rings is 2. The van der Waals surface area contributed by atoms with E-state index >= 15 is 0 Å². The molecule has 2 aromatic heterocycles. The molecule has 0 unspecified atom stereocenters. The molecule has 2 N–H and O–H groups in total. The summed E-state index contributed by atoms with van der Waals surface area (Å²) in [5.41, 5.74) is 0.897. The molecule has 0 bridgehead atoms. The molecular weight excluding hydrogens is 703 g/mol. The molecule has 18 heteroatoms. The topological polar surface area (TPSA) is 96.3 Å². The summed E-state index contributed by atoms with van der Waals surface area (Å²) in [6, 6.07) is 3.12. The van der Waals surface area contributed by atoms with Gasteiger partial charge < -0.3 is 10.6 Å². The fourth-order valence-corrected chi connectivity index (χ4v) is 2.98. The first-order chi connectivity index (χ1) is 15.6. The van der Waals surface area contributed by atoms with Gasteiger partial charge in [0, 0.05) is 32.2 Å². The molecule has 7 nitrogen and oxygen atoms in total.